The zero-order valence-corrected chi connectivity index (χ0v) is 27.7. The van der Waals surface area contributed by atoms with Crippen LogP contribution in [0.5, 0.6) is 0 Å². The van der Waals surface area contributed by atoms with E-state index in [4.69, 9.17) is 6.13 Å². The van der Waals surface area contributed by atoms with Crippen molar-refractivity contribution in [2.45, 2.75) is 247 Å². The minimum absolute atomic E-state index is 0. The van der Waals surface area contributed by atoms with Crippen molar-refractivity contribution < 1.29 is 6.13 Å². The molecule has 0 radical (unpaired) electrons. The van der Waals surface area contributed by atoms with Gasteiger partial charge < -0.3 is 0 Å². The third-order valence-corrected chi connectivity index (χ3v) is 32.0. The monoisotopic (exact) mass is 1450 g/mol. The van der Waals surface area contributed by atoms with Crippen LogP contribution in [-0.2, 0) is 6.13 Å². The number of hydrogen-bond acceptors (Lipinski definition) is 4. The van der Waals surface area contributed by atoms with E-state index in [1.54, 1.807) is 7.11 Å². The van der Waals surface area contributed by atoms with E-state index in [-0.39, 0.29) is 201 Å². The molecule has 0 aliphatic heterocycles. The molecule has 48 heavy (non-hydrogen) atoms. The van der Waals surface area contributed by atoms with Gasteiger partial charge in [0.25, 0.3) is 0 Å². The van der Waals surface area contributed by atoms with Gasteiger partial charge in [-0.2, -0.15) is 0 Å². The molecular formula is C38H134I6O2S2. The Morgan fingerprint density at radius 2 is 0.562 bits per heavy atom. The molecule has 10 heteroatoms. The number of alkyl halides is 6. The predicted molar refractivity (Wildman–Crippen MR) is 340 cm³/mol. The van der Waals surface area contributed by atoms with Gasteiger partial charge in [-0.15, -0.1) is 0 Å². The topological polar surface area (TPSA) is 18.5 Å². The fourth-order valence-corrected chi connectivity index (χ4v) is 15.0. The van der Waals surface area contributed by atoms with Crippen LogP contribution in [0.1, 0.15) is 235 Å². The van der Waals surface area contributed by atoms with Crippen molar-refractivity contribution >= 4 is 148 Å². The van der Waals surface area contributed by atoms with Crippen LogP contribution in [0.15, 0.2) is 0 Å². The minimum atomic E-state index is -1.34. The van der Waals surface area contributed by atoms with Gasteiger partial charge in [0, 0.05) is 0 Å². The Morgan fingerprint density at radius 1 is 0.417 bits per heavy atom. The van der Waals surface area contributed by atoms with Crippen LogP contribution in [0.4, 0.5) is 0 Å². The first kappa shape index (κ1) is 271. The van der Waals surface area contributed by atoms with Crippen molar-refractivity contribution in [1.29, 1.82) is 0 Å². The summed E-state index contributed by atoms with van der Waals surface area (Å²) in [6.07, 6.45) is 0. The molecule has 4 unspecified atom stereocenters. The molecule has 0 saturated carbocycles. The van der Waals surface area contributed by atoms with E-state index in [1.165, 1.54) is 0 Å². The third-order valence-electron chi connectivity index (χ3n) is 1.43. The van der Waals surface area contributed by atoms with Gasteiger partial charge in [0.15, 0.2) is 0 Å². The normalized spacial score (nSPS) is 7.50. The van der Waals surface area contributed by atoms with E-state index < -0.39 is 37.7 Å². The molecule has 0 saturated heterocycles. The Labute approximate surface area is 408 Å². The van der Waals surface area contributed by atoms with E-state index in [1.807, 2.05) is 20.8 Å². The summed E-state index contributed by atoms with van der Waals surface area (Å²) in [5.41, 5.74) is 0. The van der Waals surface area contributed by atoms with Crippen molar-refractivity contribution in [3.05, 3.63) is 0 Å². The number of hydrogen-bond donors (Lipinski definition) is 2. The molecule has 0 aromatic rings. The summed E-state index contributed by atoms with van der Waals surface area (Å²) in [6.45, 7) is 11.2. The Hall–Kier alpha value is 5.00. The van der Waals surface area contributed by atoms with Gasteiger partial charge in [-0.3, -0.25) is 0 Å². The summed E-state index contributed by atoms with van der Waals surface area (Å²) in [5, 5.41) is 0. The average Bonchev–Trinajstić information content (AvgIpc) is 2.47. The standard InChI is InChI=1S/C5H11I3OS.C4H9I3OS.C2H6.27CH4/c1-3-9-8(10)5(7)4(2)6;1-3(5)4(6)7(9)8-2;1-2;;;;;;;;;;;;;;;;;;;;;;;;;;;/h4-5,10H,3H2,1-2H3;3-4,9H,1-2H3;1-2H3;27*1H4. The molecule has 0 amide bonds. The van der Waals surface area contributed by atoms with Crippen molar-refractivity contribution in [2.24, 2.45) is 0 Å². The molecule has 0 rings (SSSR count). The zero-order valence-electron chi connectivity index (χ0n) is 13.0. The van der Waals surface area contributed by atoms with Gasteiger partial charge in [0.05, 0.1) is 0 Å². The van der Waals surface area contributed by atoms with Crippen LogP contribution in [0.2, 0.25) is 0 Å². The van der Waals surface area contributed by atoms with E-state index in [2.05, 4.69) is 124 Å². The van der Waals surface area contributed by atoms with Gasteiger partial charge in [-0.1, -0.05) is 214 Å². The van der Waals surface area contributed by atoms with Crippen molar-refractivity contribution in [1.82, 2.24) is 0 Å². The first-order chi connectivity index (χ1) is 9.68. The van der Waals surface area contributed by atoms with Gasteiger partial charge in [-0.05, 0) is 0 Å². The Bertz CT molecular complexity index is 230. The maximum atomic E-state index is 5.47. The fourth-order valence-electron chi connectivity index (χ4n) is 0.554. The molecule has 0 N–H and O–H groups in total. The third kappa shape index (κ3) is 189. The Kier molecular flexibility index (Phi) is 1130. The molecule has 0 bridgehead atoms. The maximum absolute atomic E-state index is 5.47. The molecule has 0 fully saturated rings. The molecular weight excluding hydrogens is 1310 g/mol. The molecule has 352 valence electrons. The summed E-state index contributed by atoms with van der Waals surface area (Å²) in [5.74, 6) is 0. The fraction of sp³-hybridized carbons (Fsp3) is 1.00. The van der Waals surface area contributed by atoms with Crippen molar-refractivity contribution in [3.63, 3.8) is 0 Å². The second-order valence-corrected chi connectivity index (χ2v) is 26.0. The summed E-state index contributed by atoms with van der Waals surface area (Å²) in [6, 6.07) is 0. The Morgan fingerprint density at radius 3 is 0.646 bits per heavy atom. The average molecular weight is 1450 g/mol. The van der Waals surface area contributed by atoms with Crippen LogP contribution in [0.25, 0.3) is 0 Å². The van der Waals surface area contributed by atoms with E-state index in [0.29, 0.717) is 11.7 Å². The van der Waals surface area contributed by atoms with E-state index in [0.717, 1.165) is 6.61 Å². The number of halogens is 6. The molecule has 0 aliphatic carbocycles. The molecule has 0 aliphatic rings. The van der Waals surface area contributed by atoms with Crippen LogP contribution in [-0.4, -0.2) is 25.4 Å². The van der Waals surface area contributed by atoms with Crippen molar-refractivity contribution in [2.75, 3.05) is 13.7 Å². The second kappa shape index (κ2) is 200. The van der Waals surface area contributed by atoms with Crippen LogP contribution in [0, 0.1) is 0 Å². The van der Waals surface area contributed by atoms with Gasteiger partial charge in [-0.25, -0.2) is 0 Å². The van der Waals surface area contributed by atoms with Crippen LogP contribution >= 0.6 is 148 Å². The van der Waals surface area contributed by atoms with Gasteiger partial charge >= 0.3 is 200 Å². The SMILES string of the molecule is C.C.C.C.C.C.C.C.C.C.C.C.C.C.C.C.C.C.C.C.C.C.C.C.C.C.C.CC.CCOI(S)C(I)C(C)I.COI(S)C(I)C(C)I. The first-order valence-electron chi connectivity index (χ1n) is 6.18. The molecule has 0 aromatic heterocycles. The van der Waals surface area contributed by atoms with Crippen LogP contribution < -0.4 is 0 Å². The van der Waals surface area contributed by atoms with Gasteiger partial charge in [0.2, 0.25) is 0 Å². The molecule has 4 atom stereocenters. The van der Waals surface area contributed by atoms with E-state index in [9.17, 15) is 0 Å². The summed E-state index contributed by atoms with van der Waals surface area (Å²) in [7, 11) is 10.6. The van der Waals surface area contributed by atoms with E-state index >= 15 is 0 Å². The molecule has 0 heterocycles. The first-order valence-corrected chi connectivity index (χ1v) is 21.9. The predicted octanol–water partition coefficient (Wildman–Crippen LogP) is 25.6. The quantitative estimate of drug-likeness (QED) is 0.150. The summed E-state index contributed by atoms with van der Waals surface area (Å²) in [4.78, 5) is 0. The molecule has 0 spiro atoms. The number of thiol groups is 2. The van der Waals surface area contributed by atoms with Gasteiger partial charge in [0.1, 0.15) is 0 Å². The van der Waals surface area contributed by atoms with Crippen LogP contribution in [0.3, 0.4) is 0 Å². The molecule has 2 nitrogen and oxygen atoms in total. The Balaban J connectivity index is -0.00000000298. The van der Waals surface area contributed by atoms with Crippen molar-refractivity contribution in [3.8, 4) is 0 Å². The zero-order chi connectivity index (χ0) is 17.6. The second-order valence-electron chi connectivity index (χ2n) is 3.09. The summed E-state index contributed by atoms with van der Waals surface area (Å²) < 4.78 is 13.3. The summed E-state index contributed by atoms with van der Waals surface area (Å²) >= 11 is 7.04. The molecule has 0 aromatic carbocycles. The number of rotatable bonds is 7.